The Morgan fingerprint density at radius 1 is 1.19 bits per heavy atom. The number of carboxylic acids is 2. The predicted molar refractivity (Wildman–Crippen MR) is 65.8 cm³/mol. The first-order valence-electron chi connectivity index (χ1n) is 5.93. The normalized spacial score (nSPS) is 10.5. The largest absolute Gasteiger partial charge is 1.00 e. The molecule has 0 saturated carbocycles. The van der Waals surface area contributed by atoms with Gasteiger partial charge in [0, 0.05) is 6.54 Å². The van der Waals surface area contributed by atoms with E-state index in [1.165, 1.54) is 6.07 Å². The Bertz CT molecular complexity index is 500. The van der Waals surface area contributed by atoms with Gasteiger partial charge in [-0.3, -0.25) is 0 Å². The Balaban J connectivity index is 0. The van der Waals surface area contributed by atoms with E-state index in [1.807, 2.05) is 20.8 Å². The summed E-state index contributed by atoms with van der Waals surface area (Å²) in [7, 11) is 0. The van der Waals surface area contributed by atoms with Crippen molar-refractivity contribution in [1.82, 2.24) is 0 Å². The minimum atomic E-state index is -1.80. The fraction of sp³-hybridized carbons (Fsp3) is 0.429. The fourth-order valence-corrected chi connectivity index (χ4v) is 1.88. The summed E-state index contributed by atoms with van der Waals surface area (Å²) >= 11 is 0. The van der Waals surface area contributed by atoms with Crippen LogP contribution in [0.3, 0.4) is 0 Å². The molecule has 0 saturated heterocycles. The van der Waals surface area contributed by atoms with Crippen molar-refractivity contribution in [2.24, 2.45) is 5.73 Å². The van der Waals surface area contributed by atoms with Gasteiger partial charge in [0.05, 0.1) is 17.9 Å². The van der Waals surface area contributed by atoms with Crippen molar-refractivity contribution < 1.29 is 68.2 Å². The van der Waals surface area contributed by atoms with Crippen LogP contribution in [-0.2, 0) is 21.5 Å². The third-order valence-corrected chi connectivity index (χ3v) is 3.01. The predicted octanol–water partition coefficient (Wildman–Crippen LogP) is -6.97. The van der Waals surface area contributed by atoms with Crippen LogP contribution in [0.1, 0.15) is 43.4 Å². The number of carbonyl (C=O) groups excluding carboxylic acids is 2. The maximum atomic E-state index is 10.9. The Labute approximate surface area is 158 Å². The average Bonchev–Trinajstić information content (AvgIpc) is 2.27. The Morgan fingerprint density at radius 2 is 1.67 bits per heavy atom. The van der Waals surface area contributed by atoms with Gasteiger partial charge in [0.1, 0.15) is 0 Å². The topological polar surface area (TPSA) is 106 Å². The smallest absolute Gasteiger partial charge is 0.549 e. The van der Waals surface area contributed by atoms with Crippen molar-refractivity contribution in [3.63, 3.8) is 0 Å². The summed E-state index contributed by atoms with van der Waals surface area (Å²) < 4.78 is 0. The van der Waals surface area contributed by atoms with Crippen molar-refractivity contribution in [2.45, 2.75) is 38.6 Å². The number of carbonyl (C=O) groups is 2. The van der Waals surface area contributed by atoms with Gasteiger partial charge in [-0.15, -0.1) is 0 Å². The van der Waals surface area contributed by atoms with Crippen LogP contribution in [0.2, 0.25) is 0 Å². The van der Waals surface area contributed by atoms with Gasteiger partial charge in [0.2, 0.25) is 0 Å². The van der Waals surface area contributed by atoms with E-state index in [1.54, 1.807) is 12.1 Å². The molecule has 2 N–H and O–H groups in total. The quantitative estimate of drug-likeness (QED) is 0.438. The molecule has 21 heavy (non-hydrogen) atoms. The second kappa shape index (κ2) is 8.99. The van der Waals surface area contributed by atoms with Gasteiger partial charge in [0.15, 0.2) is 0 Å². The number of hydrogen-bond acceptors (Lipinski definition) is 5. The zero-order valence-electron chi connectivity index (χ0n) is 13.2. The van der Waals surface area contributed by atoms with Gasteiger partial charge in [-0.25, -0.2) is 0 Å². The molecular weight excluding hydrogens is 276 g/mol. The zero-order valence-corrected chi connectivity index (χ0v) is 15.2. The van der Waals surface area contributed by atoms with Gasteiger partial charge < -0.3 is 25.5 Å². The van der Waals surface area contributed by atoms with Crippen molar-refractivity contribution >= 4 is 11.9 Å². The van der Waals surface area contributed by atoms with Crippen LogP contribution in [0.25, 0.3) is 0 Å². The van der Waals surface area contributed by atoms with E-state index in [0.29, 0.717) is 5.56 Å². The maximum absolute atomic E-state index is 10.9. The summed E-state index contributed by atoms with van der Waals surface area (Å²) in [6.45, 7) is 6.04. The molecule has 0 amide bonds. The van der Waals surface area contributed by atoms with Gasteiger partial charge in [-0.05, 0) is 22.1 Å². The summed E-state index contributed by atoms with van der Waals surface area (Å²) in [6, 6.07) is 4.90. The van der Waals surface area contributed by atoms with E-state index in [4.69, 9.17) is 5.73 Å². The molecule has 1 aromatic rings. The third kappa shape index (κ3) is 5.78. The first-order chi connectivity index (χ1) is 8.68. The molecule has 0 radical (unpaired) electrons. The van der Waals surface area contributed by atoms with Gasteiger partial charge >= 0.3 is 48.4 Å². The molecule has 7 heteroatoms. The van der Waals surface area contributed by atoms with Crippen LogP contribution in [-0.4, -0.2) is 11.9 Å². The van der Waals surface area contributed by atoms with Gasteiger partial charge in [0.25, 0.3) is 0 Å². The maximum Gasteiger partial charge on any atom is 1.00 e. The molecule has 104 valence electrons. The van der Waals surface area contributed by atoms with Gasteiger partial charge in [-0.2, -0.15) is 0 Å². The molecular formula is C14H17LiNNaO4. The fourth-order valence-electron chi connectivity index (χ4n) is 1.88. The monoisotopic (exact) mass is 293 g/mol. The van der Waals surface area contributed by atoms with Crippen LogP contribution in [0.15, 0.2) is 18.2 Å². The summed E-state index contributed by atoms with van der Waals surface area (Å²) in [5.41, 5.74) is 6.99. The Morgan fingerprint density at radius 3 is 2.00 bits per heavy atom. The number of aliphatic carboxylic acids is 2. The van der Waals surface area contributed by atoms with Crippen molar-refractivity contribution in [2.75, 3.05) is 0 Å². The van der Waals surface area contributed by atoms with E-state index in [9.17, 15) is 19.8 Å². The van der Waals surface area contributed by atoms with E-state index in [2.05, 4.69) is 0 Å². The summed E-state index contributed by atoms with van der Waals surface area (Å²) in [5, 5.41) is 21.8. The Hall–Kier alpha value is -0.283. The molecule has 0 heterocycles. The van der Waals surface area contributed by atoms with Crippen molar-refractivity contribution in [1.29, 1.82) is 0 Å². The second-order valence-corrected chi connectivity index (χ2v) is 5.44. The number of benzene rings is 1. The van der Waals surface area contributed by atoms with Crippen LogP contribution < -0.4 is 64.4 Å². The number of carboxylic acid groups (broad SMARTS) is 2. The van der Waals surface area contributed by atoms with Crippen molar-refractivity contribution in [3.8, 4) is 0 Å². The number of hydrogen-bond donors (Lipinski definition) is 1. The van der Waals surface area contributed by atoms with E-state index < -0.39 is 17.9 Å². The number of rotatable bonds is 4. The molecule has 0 fully saturated rings. The SMILES string of the molecule is CC(C)(C)c1ccc(C(C(=O)[O-])C(=O)[O-])c(CN)c1.[Li+].[Na+]. The van der Waals surface area contributed by atoms with Crippen LogP contribution in [0.5, 0.6) is 0 Å². The number of nitrogens with two attached hydrogens (primary N) is 1. The molecule has 0 atom stereocenters. The van der Waals surface area contributed by atoms with Crippen molar-refractivity contribution in [3.05, 3.63) is 34.9 Å². The molecule has 0 bridgehead atoms. The molecule has 0 aliphatic carbocycles. The summed E-state index contributed by atoms with van der Waals surface area (Å²) in [5.74, 6) is -5.19. The standard InChI is InChI=1S/C14H19NO4.Li.Na/c1-14(2,3)9-4-5-10(8(6-9)7-15)11(12(16)17)13(18)19;;/h4-6,11H,7,15H2,1-3H3,(H,16,17)(H,18,19);;/q;2*+1/p-2. The molecule has 1 aromatic carbocycles. The third-order valence-electron chi connectivity index (χ3n) is 3.01. The molecule has 0 spiro atoms. The molecule has 0 aliphatic heterocycles. The minimum Gasteiger partial charge on any atom is -0.549 e. The zero-order chi connectivity index (χ0) is 14.8. The minimum absolute atomic E-state index is 0. The molecule has 5 nitrogen and oxygen atoms in total. The van der Waals surface area contributed by atoms with E-state index >= 15 is 0 Å². The molecule has 0 unspecified atom stereocenters. The van der Waals surface area contributed by atoms with Crippen LogP contribution >= 0.6 is 0 Å². The first-order valence-corrected chi connectivity index (χ1v) is 5.93. The first kappa shape index (κ1) is 23.0. The van der Waals surface area contributed by atoms with E-state index in [0.717, 1.165) is 5.56 Å². The molecule has 0 aliphatic rings. The van der Waals surface area contributed by atoms with Gasteiger partial charge in [-0.1, -0.05) is 39.0 Å². The average molecular weight is 293 g/mol. The summed E-state index contributed by atoms with van der Waals surface area (Å²) in [4.78, 5) is 21.8. The molecule has 0 aromatic heterocycles. The molecule has 1 rings (SSSR count). The van der Waals surface area contributed by atoms with E-state index in [-0.39, 0.29) is 65.9 Å². The summed E-state index contributed by atoms with van der Waals surface area (Å²) in [6.07, 6.45) is 0. The second-order valence-electron chi connectivity index (χ2n) is 5.44. The van der Waals surface area contributed by atoms with Crippen LogP contribution in [0, 0.1) is 0 Å². The van der Waals surface area contributed by atoms with Crippen LogP contribution in [0.4, 0.5) is 0 Å². The Kier molecular flexibility index (Phi) is 9.84.